The highest BCUT2D eigenvalue weighted by Crippen LogP contribution is 2.36. The van der Waals surface area contributed by atoms with Gasteiger partial charge in [0.15, 0.2) is 0 Å². The Bertz CT molecular complexity index is 1690. The maximum absolute atomic E-state index is 14.3. The van der Waals surface area contributed by atoms with Crippen LogP contribution in [-0.2, 0) is 46.2 Å². The zero-order valence-electron chi connectivity index (χ0n) is 30.9. The van der Waals surface area contributed by atoms with Crippen molar-refractivity contribution in [1.29, 1.82) is 0 Å². The summed E-state index contributed by atoms with van der Waals surface area (Å²) >= 11 is 3.48. The van der Waals surface area contributed by atoms with E-state index in [-0.39, 0.29) is 70.9 Å². The van der Waals surface area contributed by atoms with Crippen LogP contribution in [0.25, 0.3) is 0 Å². The highest BCUT2D eigenvalue weighted by Gasteiger charge is 2.34. The van der Waals surface area contributed by atoms with Crippen molar-refractivity contribution in [2.75, 3.05) is 46.2 Å². The van der Waals surface area contributed by atoms with E-state index in [0.717, 1.165) is 47.7 Å². The third-order valence-electron chi connectivity index (χ3n) is 9.35. The first-order valence-corrected chi connectivity index (χ1v) is 19.4. The number of hydrogen-bond acceptors (Lipinski definition) is 8. The van der Waals surface area contributed by atoms with Gasteiger partial charge in [-0.05, 0) is 59.7 Å². The van der Waals surface area contributed by atoms with Crippen molar-refractivity contribution in [2.24, 2.45) is 11.7 Å². The lowest BCUT2D eigenvalue weighted by molar-refractivity contribution is -0.142. The quantitative estimate of drug-likeness (QED) is 0.0882. The molecule has 1 saturated carbocycles. The van der Waals surface area contributed by atoms with Crippen LogP contribution < -0.4 is 21.7 Å². The molecule has 1 aliphatic carbocycles. The maximum atomic E-state index is 14.3. The molecule has 4 amide bonds. The molecule has 13 nitrogen and oxygen atoms in total. The molecule has 0 saturated heterocycles. The number of rotatable bonds is 23. The predicted octanol–water partition coefficient (Wildman–Crippen LogP) is 3.92. The summed E-state index contributed by atoms with van der Waals surface area (Å²) in [6, 6.07) is 21.6. The number of nitrogens with two attached hydrogens (primary N) is 1. The Morgan fingerprint density at radius 3 is 1.98 bits per heavy atom. The normalized spacial score (nSPS) is 14.6. The Morgan fingerprint density at radius 2 is 1.33 bits per heavy atom. The molecule has 0 aliphatic heterocycles. The molecule has 55 heavy (non-hydrogen) atoms. The van der Waals surface area contributed by atoms with Crippen LogP contribution in [0.2, 0.25) is 0 Å². The fraction of sp³-hybridized carbons (Fsp3) is 0.439. The molecule has 3 atom stereocenters. The van der Waals surface area contributed by atoms with Gasteiger partial charge in [-0.3, -0.25) is 19.2 Å². The van der Waals surface area contributed by atoms with Crippen molar-refractivity contribution < 1.29 is 43.3 Å². The third kappa shape index (κ3) is 15.2. The van der Waals surface area contributed by atoms with Crippen molar-refractivity contribution in [3.63, 3.8) is 0 Å². The number of nitrogens with one attached hydrogen (secondary N) is 3. The van der Waals surface area contributed by atoms with E-state index in [4.69, 9.17) is 25.1 Å². The van der Waals surface area contributed by atoms with E-state index < -0.39 is 41.7 Å². The van der Waals surface area contributed by atoms with Crippen molar-refractivity contribution in [1.82, 2.24) is 16.0 Å². The summed E-state index contributed by atoms with van der Waals surface area (Å²) < 4.78 is 16.6. The SMILES string of the molecule is NC(=O)c1ccc(C[C@H](NC(=O)C(c2ccccc2)C2CCCCC2)C(=O)N[C@@H](Cc2cccc(Br)c2)C(=O)NCCOCCOCCOCC(=O)O)cc1. The van der Waals surface area contributed by atoms with Crippen LogP contribution in [0.15, 0.2) is 83.3 Å². The Kier molecular flexibility index (Phi) is 18.3. The summed E-state index contributed by atoms with van der Waals surface area (Å²) in [7, 11) is 0. The van der Waals surface area contributed by atoms with Crippen LogP contribution in [0.4, 0.5) is 0 Å². The van der Waals surface area contributed by atoms with Gasteiger partial charge in [0.25, 0.3) is 0 Å². The van der Waals surface area contributed by atoms with Gasteiger partial charge in [-0.25, -0.2) is 4.79 Å². The first-order valence-electron chi connectivity index (χ1n) is 18.6. The molecule has 0 spiro atoms. The predicted molar refractivity (Wildman–Crippen MR) is 209 cm³/mol. The summed E-state index contributed by atoms with van der Waals surface area (Å²) in [6.45, 7) is 0.836. The van der Waals surface area contributed by atoms with Gasteiger partial charge in [0.1, 0.15) is 18.7 Å². The molecule has 1 unspecified atom stereocenters. The number of aliphatic carboxylic acids is 1. The van der Waals surface area contributed by atoms with Gasteiger partial charge in [-0.15, -0.1) is 0 Å². The minimum atomic E-state index is -1.05. The van der Waals surface area contributed by atoms with E-state index in [0.29, 0.717) is 11.1 Å². The molecule has 0 radical (unpaired) electrons. The number of carbonyl (C=O) groups is 5. The van der Waals surface area contributed by atoms with Gasteiger partial charge in [-0.2, -0.15) is 0 Å². The molecule has 0 bridgehead atoms. The lowest BCUT2D eigenvalue weighted by Gasteiger charge is -2.31. The molecule has 3 aromatic rings. The van der Waals surface area contributed by atoms with Gasteiger partial charge in [0, 0.05) is 29.4 Å². The number of halogens is 1. The first kappa shape index (κ1) is 43.1. The van der Waals surface area contributed by atoms with Gasteiger partial charge in [0.05, 0.1) is 39.0 Å². The van der Waals surface area contributed by atoms with Crippen LogP contribution in [0.5, 0.6) is 0 Å². The molecule has 296 valence electrons. The number of ether oxygens (including phenoxy) is 3. The molecular formula is C41H51BrN4O9. The van der Waals surface area contributed by atoms with E-state index >= 15 is 0 Å². The number of benzene rings is 3. The summed E-state index contributed by atoms with van der Waals surface area (Å²) in [6.07, 6.45) is 5.30. The lowest BCUT2D eigenvalue weighted by Crippen LogP contribution is -2.56. The van der Waals surface area contributed by atoms with E-state index in [1.165, 1.54) is 0 Å². The second kappa shape index (κ2) is 23.3. The van der Waals surface area contributed by atoms with E-state index in [9.17, 15) is 24.0 Å². The molecule has 4 rings (SSSR count). The van der Waals surface area contributed by atoms with Gasteiger partial charge in [0.2, 0.25) is 23.6 Å². The van der Waals surface area contributed by atoms with E-state index in [1.807, 2.05) is 54.6 Å². The van der Waals surface area contributed by atoms with Crippen molar-refractivity contribution in [2.45, 2.75) is 62.9 Å². The first-order chi connectivity index (χ1) is 26.6. The lowest BCUT2D eigenvalue weighted by atomic mass is 9.76. The zero-order chi connectivity index (χ0) is 39.4. The fourth-order valence-electron chi connectivity index (χ4n) is 6.63. The Hall–Kier alpha value is -4.63. The number of carbonyl (C=O) groups excluding carboxylic acids is 4. The van der Waals surface area contributed by atoms with Gasteiger partial charge in [-0.1, -0.05) is 89.8 Å². The second-order valence-corrected chi connectivity index (χ2v) is 14.4. The summed E-state index contributed by atoms with van der Waals surface area (Å²) in [5.41, 5.74) is 8.17. The topological polar surface area (TPSA) is 195 Å². The summed E-state index contributed by atoms with van der Waals surface area (Å²) in [5.74, 6) is -3.17. The number of carboxylic acids is 1. The van der Waals surface area contributed by atoms with Crippen LogP contribution in [0.1, 0.15) is 65.1 Å². The monoisotopic (exact) mass is 822 g/mol. The third-order valence-corrected chi connectivity index (χ3v) is 9.84. The van der Waals surface area contributed by atoms with Crippen molar-refractivity contribution in [3.05, 3.63) is 106 Å². The Morgan fingerprint density at radius 1 is 0.709 bits per heavy atom. The largest absolute Gasteiger partial charge is 0.480 e. The van der Waals surface area contributed by atoms with Crippen LogP contribution in [-0.4, -0.2) is 93.0 Å². The molecule has 3 aromatic carbocycles. The number of hydrogen-bond donors (Lipinski definition) is 5. The Labute approximate surface area is 330 Å². The molecule has 14 heteroatoms. The summed E-state index contributed by atoms with van der Waals surface area (Å²) in [4.78, 5) is 64.4. The molecule has 6 N–H and O–H groups in total. The van der Waals surface area contributed by atoms with Crippen LogP contribution in [0.3, 0.4) is 0 Å². The minimum absolute atomic E-state index is 0.107. The van der Waals surface area contributed by atoms with Crippen LogP contribution in [0, 0.1) is 5.92 Å². The second-order valence-electron chi connectivity index (χ2n) is 13.5. The minimum Gasteiger partial charge on any atom is -0.480 e. The Balaban J connectivity index is 1.47. The van der Waals surface area contributed by atoms with Crippen LogP contribution >= 0.6 is 15.9 Å². The highest BCUT2D eigenvalue weighted by molar-refractivity contribution is 9.10. The molecule has 1 aliphatic rings. The number of primary amides is 1. The van der Waals surface area contributed by atoms with E-state index in [1.54, 1.807) is 24.3 Å². The van der Waals surface area contributed by atoms with Gasteiger partial charge >= 0.3 is 5.97 Å². The van der Waals surface area contributed by atoms with Crippen molar-refractivity contribution in [3.8, 4) is 0 Å². The van der Waals surface area contributed by atoms with E-state index in [2.05, 4.69) is 31.9 Å². The molecular weight excluding hydrogens is 772 g/mol. The number of carboxylic acid groups (broad SMARTS) is 1. The average molecular weight is 824 g/mol. The summed E-state index contributed by atoms with van der Waals surface area (Å²) in [5, 5.41) is 17.4. The smallest absolute Gasteiger partial charge is 0.329 e. The zero-order valence-corrected chi connectivity index (χ0v) is 32.5. The maximum Gasteiger partial charge on any atom is 0.329 e. The molecule has 0 aromatic heterocycles. The average Bonchev–Trinajstić information content (AvgIpc) is 3.17. The van der Waals surface area contributed by atoms with Crippen molar-refractivity contribution >= 4 is 45.5 Å². The highest BCUT2D eigenvalue weighted by atomic mass is 79.9. The standard InChI is InChI=1S/C41H51BrN4O9/c42-33-13-7-8-29(24-33)26-34(39(50)44-18-19-53-20-21-54-22-23-55-27-36(47)48)45-40(51)35(25-28-14-16-32(17-15-28)38(43)49)46-41(52)37(30-9-3-1-4-10-30)31-11-5-2-6-12-31/h1,3-4,7-10,13-17,24,31,34-35,37H,2,5-6,11-12,18-23,25-27H2,(H2,43,49)(H,44,50)(H,45,51)(H,46,52)(H,47,48)/t34-,35-,37?/m0/s1. The fourth-order valence-corrected chi connectivity index (χ4v) is 7.07. The number of amides is 4. The molecule has 1 fully saturated rings. The molecule has 0 heterocycles. The van der Waals surface area contributed by atoms with Gasteiger partial charge < -0.3 is 41.0 Å².